The number of rotatable bonds is 8. The van der Waals surface area contributed by atoms with Gasteiger partial charge in [-0.15, -0.1) is 0 Å². The molecule has 0 atom stereocenters. The predicted octanol–water partition coefficient (Wildman–Crippen LogP) is 3.52. The van der Waals surface area contributed by atoms with Crippen LogP contribution in [-0.4, -0.2) is 31.9 Å². The molecule has 5 rings (SSSR count). The maximum absolute atomic E-state index is 11.1. The van der Waals surface area contributed by atoms with Gasteiger partial charge in [0.05, 0.1) is 0 Å². The van der Waals surface area contributed by atoms with E-state index >= 15 is 0 Å². The van der Waals surface area contributed by atoms with Gasteiger partial charge in [0.1, 0.15) is 12.3 Å². The maximum Gasteiger partial charge on any atom is 0.331 e. The Balaban J connectivity index is 1.31. The molecule has 1 aliphatic rings. The molecule has 0 unspecified atom stereocenters. The zero-order chi connectivity index (χ0) is 26.2. The van der Waals surface area contributed by atoms with Crippen molar-refractivity contribution in [3.63, 3.8) is 0 Å². The molecule has 2 aromatic heterocycles. The van der Waals surface area contributed by atoms with Crippen LogP contribution in [0.4, 0.5) is 0 Å². The minimum Gasteiger partial charge on any atom is -0.324 e. The van der Waals surface area contributed by atoms with Gasteiger partial charge in [0.2, 0.25) is 0 Å². The highest BCUT2D eigenvalue weighted by Crippen LogP contribution is 2.40. The molecular weight excluding hydrogens is 510 g/mol. The highest BCUT2D eigenvalue weighted by molar-refractivity contribution is 7.51. The third kappa shape index (κ3) is 6.31. The van der Waals surface area contributed by atoms with E-state index < -0.39 is 15.2 Å². The quantitative estimate of drug-likeness (QED) is 0.177. The Kier molecular flexibility index (Phi) is 6.99. The molecule has 37 heavy (non-hydrogen) atoms. The Morgan fingerprint density at radius 3 is 1.30 bits per heavy atom. The molecule has 4 aromatic rings. The maximum atomic E-state index is 11.1. The second-order valence-corrected chi connectivity index (χ2v) is 12.9. The average molecular weight is 538 g/mol. The predicted molar refractivity (Wildman–Crippen MR) is 140 cm³/mol. The van der Waals surface area contributed by atoms with Crippen molar-refractivity contribution in [3.8, 4) is 33.4 Å². The van der Waals surface area contributed by atoms with Crippen LogP contribution in [0, 0.1) is 0 Å². The summed E-state index contributed by atoms with van der Waals surface area (Å²) in [4.78, 5) is 36.3. The molecule has 0 saturated carbocycles. The van der Waals surface area contributed by atoms with Gasteiger partial charge in [-0.25, -0.2) is 9.13 Å². The Morgan fingerprint density at radius 2 is 0.946 bits per heavy atom. The molecular formula is C27H28N2O6P2+2. The van der Waals surface area contributed by atoms with Gasteiger partial charge in [-0.2, -0.15) is 0 Å². The Labute approximate surface area is 214 Å². The monoisotopic (exact) mass is 538 g/mol. The summed E-state index contributed by atoms with van der Waals surface area (Å²) in [6.07, 6.45) is 7.83. The van der Waals surface area contributed by atoms with E-state index in [-0.39, 0.29) is 25.4 Å². The van der Waals surface area contributed by atoms with Gasteiger partial charge in [0.25, 0.3) is 0 Å². The number of aromatic nitrogens is 2. The first-order chi connectivity index (χ1) is 17.5. The summed E-state index contributed by atoms with van der Waals surface area (Å²) in [7, 11) is -8.04. The summed E-state index contributed by atoms with van der Waals surface area (Å²) in [5.74, 6) is 0. The van der Waals surface area contributed by atoms with Crippen LogP contribution in [0.1, 0.15) is 11.1 Å². The van der Waals surface area contributed by atoms with Crippen molar-refractivity contribution in [1.29, 1.82) is 0 Å². The molecule has 0 aliphatic heterocycles. The van der Waals surface area contributed by atoms with Crippen molar-refractivity contribution in [2.45, 2.75) is 19.5 Å². The van der Waals surface area contributed by atoms with E-state index in [9.17, 15) is 9.13 Å². The topological polar surface area (TPSA) is 123 Å². The number of hydrogen-bond donors (Lipinski definition) is 4. The molecule has 0 fully saturated rings. The average Bonchev–Trinajstić information content (AvgIpc) is 3.23. The van der Waals surface area contributed by atoms with Gasteiger partial charge in [-0.1, -0.05) is 36.4 Å². The minimum absolute atomic E-state index is 0.185. The summed E-state index contributed by atoms with van der Waals surface area (Å²) < 4.78 is 25.8. The first-order valence-electron chi connectivity index (χ1n) is 11.9. The highest BCUT2D eigenvalue weighted by Gasteiger charge is 2.21. The second-order valence-electron chi connectivity index (χ2n) is 9.35. The molecule has 10 heteroatoms. The first-order valence-corrected chi connectivity index (χ1v) is 15.5. The molecule has 8 nitrogen and oxygen atoms in total. The van der Waals surface area contributed by atoms with Crippen molar-refractivity contribution in [2.75, 3.05) is 12.3 Å². The molecule has 0 amide bonds. The third-order valence-corrected chi connectivity index (χ3v) is 8.19. The fourth-order valence-electron chi connectivity index (χ4n) is 4.66. The van der Waals surface area contributed by atoms with E-state index in [1.54, 1.807) is 9.13 Å². The summed E-state index contributed by atoms with van der Waals surface area (Å²) >= 11 is 0. The van der Waals surface area contributed by atoms with Gasteiger partial charge in [-0.3, -0.25) is 9.13 Å². The SMILES string of the molecule is O=P(O)(O)CC[n+]1ccc(-c2ccc3c(c2)Cc2cc(-c4cc[n+](CCP(=O)(O)O)cc4)ccc2-3)cc1. The fourth-order valence-corrected chi connectivity index (χ4v) is 5.64. The fraction of sp³-hybridized carbons (Fsp3) is 0.185. The van der Waals surface area contributed by atoms with Crippen LogP contribution in [0.25, 0.3) is 33.4 Å². The van der Waals surface area contributed by atoms with Gasteiger partial charge in [-0.05, 0) is 50.9 Å². The van der Waals surface area contributed by atoms with Crippen molar-refractivity contribution < 1.29 is 37.8 Å². The highest BCUT2D eigenvalue weighted by atomic mass is 31.2. The number of hydrogen-bond acceptors (Lipinski definition) is 2. The van der Waals surface area contributed by atoms with Crippen LogP contribution >= 0.6 is 15.2 Å². The first kappa shape index (κ1) is 25.7. The van der Waals surface area contributed by atoms with Crippen LogP contribution < -0.4 is 9.13 Å². The van der Waals surface area contributed by atoms with E-state index in [0.717, 1.165) is 28.7 Å². The van der Waals surface area contributed by atoms with Crippen LogP contribution in [0.2, 0.25) is 0 Å². The molecule has 0 saturated heterocycles. The van der Waals surface area contributed by atoms with E-state index in [2.05, 4.69) is 36.4 Å². The summed E-state index contributed by atoms with van der Waals surface area (Å²) in [5.41, 5.74) is 9.24. The van der Waals surface area contributed by atoms with Crippen LogP contribution in [0.5, 0.6) is 0 Å². The molecule has 0 radical (unpaired) electrons. The number of nitrogens with zero attached hydrogens (tertiary/aromatic N) is 2. The number of pyridine rings is 2. The Morgan fingerprint density at radius 1 is 0.568 bits per heavy atom. The minimum atomic E-state index is -4.02. The van der Waals surface area contributed by atoms with Crippen molar-refractivity contribution in [1.82, 2.24) is 0 Å². The largest absolute Gasteiger partial charge is 0.331 e. The van der Waals surface area contributed by atoms with Crippen LogP contribution in [0.3, 0.4) is 0 Å². The van der Waals surface area contributed by atoms with Gasteiger partial charge < -0.3 is 19.6 Å². The normalized spacial score (nSPS) is 12.9. The molecule has 190 valence electrons. The summed E-state index contributed by atoms with van der Waals surface area (Å²) in [6.45, 7) is 0.530. The van der Waals surface area contributed by atoms with E-state index in [0.29, 0.717) is 0 Å². The van der Waals surface area contributed by atoms with E-state index in [1.807, 2.05) is 49.1 Å². The lowest BCUT2D eigenvalue weighted by atomic mass is 9.98. The standard InChI is InChI=1S/C27H26N2O6P2/c30-36(31,32)15-13-28-9-5-20(6-10-28)22-1-3-26-24(17-22)19-25-18-23(2-4-27(25)26)21-7-11-29(12-8-21)14-16-37(33,34)35/h1-12,17-18H,13-16,19H2,(H2-2,30,31,32,33,34,35)/p+2. The van der Waals surface area contributed by atoms with Crippen LogP contribution in [-0.2, 0) is 28.6 Å². The molecule has 0 bridgehead atoms. The molecule has 2 aromatic carbocycles. The third-order valence-electron chi connectivity index (χ3n) is 6.63. The zero-order valence-corrected chi connectivity index (χ0v) is 21.8. The summed E-state index contributed by atoms with van der Waals surface area (Å²) in [6, 6.07) is 20.8. The van der Waals surface area contributed by atoms with Gasteiger partial charge >= 0.3 is 15.2 Å². The molecule has 2 heterocycles. The Hall–Kier alpha value is -2.96. The molecule has 1 aliphatic carbocycles. The van der Waals surface area contributed by atoms with Crippen molar-refractivity contribution in [3.05, 3.63) is 96.6 Å². The van der Waals surface area contributed by atoms with E-state index in [1.165, 1.54) is 22.3 Å². The molecule has 4 N–H and O–H groups in total. The lowest BCUT2D eigenvalue weighted by Gasteiger charge is -2.07. The number of benzene rings is 2. The summed E-state index contributed by atoms with van der Waals surface area (Å²) in [5, 5.41) is 0. The van der Waals surface area contributed by atoms with E-state index in [4.69, 9.17) is 19.6 Å². The zero-order valence-electron chi connectivity index (χ0n) is 20.0. The smallest absolute Gasteiger partial charge is 0.324 e. The van der Waals surface area contributed by atoms with Gasteiger partial charge in [0, 0.05) is 24.3 Å². The van der Waals surface area contributed by atoms with Crippen molar-refractivity contribution in [2.24, 2.45) is 0 Å². The second kappa shape index (κ2) is 10.1. The molecule has 0 spiro atoms. The lowest BCUT2D eigenvalue weighted by molar-refractivity contribution is -0.692. The number of aryl methyl sites for hydroxylation is 2. The van der Waals surface area contributed by atoms with Crippen LogP contribution in [0.15, 0.2) is 85.5 Å². The lowest BCUT2D eigenvalue weighted by Crippen LogP contribution is -2.34. The Bertz CT molecular complexity index is 1430. The van der Waals surface area contributed by atoms with Crippen molar-refractivity contribution >= 4 is 15.2 Å². The number of fused-ring (bicyclic) bond motifs is 3. The van der Waals surface area contributed by atoms with Gasteiger partial charge in [0.15, 0.2) is 37.9 Å².